The minimum absolute atomic E-state index is 0.279. The molecule has 1 unspecified atom stereocenters. The van der Waals surface area contributed by atoms with Crippen molar-refractivity contribution in [2.75, 3.05) is 18.1 Å². The third-order valence-electron chi connectivity index (χ3n) is 4.51. The average Bonchev–Trinajstić information content (AvgIpc) is 2.54. The second kappa shape index (κ2) is 5.56. The van der Waals surface area contributed by atoms with E-state index in [9.17, 15) is 8.42 Å². The van der Waals surface area contributed by atoms with Crippen molar-refractivity contribution in [2.24, 2.45) is 0 Å². The minimum Gasteiger partial charge on any atom is -0.369 e. The molecule has 24 heavy (non-hydrogen) atoms. The molecule has 0 amide bonds. The zero-order valence-electron chi connectivity index (χ0n) is 13.2. The Morgan fingerprint density at radius 1 is 1.17 bits per heavy atom. The van der Waals surface area contributed by atoms with Crippen molar-refractivity contribution in [3.05, 3.63) is 59.9 Å². The van der Waals surface area contributed by atoms with Gasteiger partial charge in [0, 0.05) is 24.1 Å². The van der Waals surface area contributed by atoms with Crippen molar-refractivity contribution in [3.63, 3.8) is 0 Å². The molecule has 0 bridgehead atoms. The summed E-state index contributed by atoms with van der Waals surface area (Å²) in [6, 6.07) is 13.4. The monoisotopic (exact) mass is 339 g/mol. The van der Waals surface area contributed by atoms with Crippen LogP contribution in [0.4, 0.5) is 5.82 Å². The predicted molar refractivity (Wildman–Crippen MR) is 94.0 cm³/mol. The lowest BCUT2D eigenvalue weighted by Crippen LogP contribution is -2.24. The van der Waals surface area contributed by atoms with Gasteiger partial charge in [-0.25, -0.2) is 18.4 Å². The number of hydrogen-bond donors (Lipinski definition) is 1. The summed E-state index contributed by atoms with van der Waals surface area (Å²) in [5.74, 6) is 1.14. The van der Waals surface area contributed by atoms with E-state index in [1.807, 2.05) is 0 Å². The van der Waals surface area contributed by atoms with Crippen LogP contribution in [-0.4, -0.2) is 31.2 Å². The van der Waals surface area contributed by atoms with Gasteiger partial charge in [0.05, 0.1) is 10.4 Å². The SMILES string of the molecule is CS(=O)(=O)c1ccc2ncnc(NCC3Cc4ccccc43)c2c1. The number of hydrogen-bond acceptors (Lipinski definition) is 5. The third-order valence-corrected chi connectivity index (χ3v) is 5.62. The lowest BCUT2D eigenvalue weighted by molar-refractivity contribution is 0.602. The molecule has 1 aliphatic carbocycles. The van der Waals surface area contributed by atoms with Crippen LogP contribution in [0.2, 0.25) is 0 Å². The topological polar surface area (TPSA) is 72.0 Å². The summed E-state index contributed by atoms with van der Waals surface area (Å²) in [6.45, 7) is 0.770. The van der Waals surface area contributed by atoms with Crippen molar-refractivity contribution in [2.45, 2.75) is 17.2 Å². The lowest BCUT2D eigenvalue weighted by atomic mass is 9.77. The van der Waals surface area contributed by atoms with Crippen LogP contribution in [0.15, 0.2) is 53.7 Å². The number of fused-ring (bicyclic) bond motifs is 2. The van der Waals surface area contributed by atoms with Gasteiger partial charge in [-0.15, -0.1) is 0 Å². The van der Waals surface area contributed by atoms with Crippen molar-refractivity contribution in [3.8, 4) is 0 Å². The van der Waals surface area contributed by atoms with E-state index in [0.29, 0.717) is 11.7 Å². The summed E-state index contributed by atoms with van der Waals surface area (Å²) in [6.07, 6.45) is 3.76. The van der Waals surface area contributed by atoms with Gasteiger partial charge < -0.3 is 5.32 Å². The second-order valence-corrected chi connectivity index (χ2v) is 8.17. The van der Waals surface area contributed by atoms with E-state index in [2.05, 4.69) is 39.6 Å². The Balaban J connectivity index is 1.62. The van der Waals surface area contributed by atoms with E-state index in [-0.39, 0.29) is 4.90 Å². The Morgan fingerprint density at radius 3 is 2.79 bits per heavy atom. The van der Waals surface area contributed by atoms with Gasteiger partial charge in [0.2, 0.25) is 0 Å². The van der Waals surface area contributed by atoms with Crippen LogP contribution in [-0.2, 0) is 16.3 Å². The normalized spacial score (nSPS) is 16.5. The fourth-order valence-corrected chi connectivity index (χ4v) is 3.82. The summed E-state index contributed by atoms with van der Waals surface area (Å²) in [7, 11) is -3.26. The van der Waals surface area contributed by atoms with Gasteiger partial charge in [-0.3, -0.25) is 0 Å². The Bertz CT molecular complexity index is 1030. The lowest BCUT2D eigenvalue weighted by Gasteiger charge is -2.30. The average molecular weight is 339 g/mol. The minimum atomic E-state index is -3.26. The highest BCUT2D eigenvalue weighted by Gasteiger charge is 2.25. The van der Waals surface area contributed by atoms with Crippen LogP contribution in [0, 0.1) is 0 Å². The van der Waals surface area contributed by atoms with Crippen molar-refractivity contribution in [1.82, 2.24) is 9.97 Å². The maximum atomic E-state index is 11.8. The predicted octanol–water partition coefficient (Wildman–Crippen LogP) is 2.79. The van der Waals surface area contributed by atoms with Gasteiger partial charge in [0.1, 0.15) is 12.1 Å². The van der Waals surface area contributed by atoms with Gasteiger partial charge in [-0.05, 0) is 35.7 Å². The molecule has 2 aromatic carbocycles. The molecule has 1 aliphatic rings. The number of sulfone groups is 1. The number of benzene rings is 2. The molecule has 122 valence electrons. The number of rotatable bonds is 4. The fourth-order valence-electron chi connectivity index (χ4n) is 3.17. The Kier molecular flexibility index (Phi) is 3.49. The summed E-state index contributed by atoms with van der Waals surface area (Å²) >= 11 is 0. The highest BCUT2D eigenvalue weighted by atomic mass is 32.2. The zero-order valence-corrected chi connectivity index (χ0v) is 14.0. The molecule has 0 radical (unpaired) electrons. The van der Waals surface area contributed by atoms with E-state index in [1.54, 1.807) is 18.2 Å². The molecular weight excluding hydrogens is 322 g/mol. The fraction of sp³-hybridized carbons (Fsp3) is 0.222. The molecule has 3 aromatic rings. The molecule has 1 aromatic heterocycles. The number of nitrogens with zero attached hydrogens (tertiary/aromatic N) is 2. The van der Waals surface area contributed by atoms with Gasteiger partial charge in [0.25, 0.3) is 0 Å². The molecule has 1 atom stereocenters. The first kappa shape index (κ1) is 15.1. The van der Waals surface area contributed by atoms with E-state index in [4.69, 9.17) is 0 Å². The molecule has 5 nitrogen and oxygen atoms in total. The smallest absolute Gasteiger partial charge is 0.175 e. The van der Waals surface area contributed by atoms with Crippen LogP contribution in [0.25, 0.3) is 10.9 Å². The van der Waals surface area contributed by atoms with Gasteiger partial charge >= 0.3 is 0 Å². The molecule has 0 saturated heterocycles. The zero-order chi connectivity index (χ0) is 16.7. The molecule has 0 aliphatic heterocycles. The first-order valence-electron chi connectivity index (χ1n) is 7.79. The Hall–Kier alpha value is -2.47. The van der Waals surface area contributed by atoms with Crippen LogP contribution >= 0.6 is 0 Å². The van der Waals surface area contributed by atoms with Crippen molar-refractivity contribution in [1.29, 1.82) is 0 Å². The molecule has 0 fully saturated rings. The standard InChI is InChI=1S/C18H17N3O2S/c1-24(22,23)14-6-7-17-16(9-14)18(21-11-20-17)19-10-13-8-12-4-2-3-5-15(12)13/h2-7,9,11,13H,8,10H2,1H3,(H,19,20,21). The largest absolute Gasteiger partial charge is 0.369 e. The molecule has 0 saturated carbocycles. The number of aromatic nitrogens is 2. The number of anilines is 1. The van der Waals surface area contributed by atoms with Crippen LogP contribution in [0.5, 0.6) is 0 Å². The van der Waals surface area contributed by atoms with Gasteiger partial charge in [0.15, 0.2) is 9.84 Å². The highest BCUT2D eigenvalue weighted by molar-refractivity contribution is 7.90. The quantitative estimate of drug-likeness (QED) is 0.791. The van der Waals surface area contributed by atoms with Crippen molar-refractivity contribution < 1.29 is 8.42 Å². The highest BCUT2D eigenvalue weighted by Crippen LogP contribution is 2.35. The third kappa shape index (κ3) is 2.63. The Labute approximate surface area is 140 Å². The maximum absolute atomic E-state index is 11.8. The van der Waals surface area contributed by atoms with Crippen molar-refractivity contribution >= 4 is 26.6 Å². The summed E-state index contributed by atoms with van der Waals surface area (Å²) < 4.78 is 23.6. The van der Waals surface area contributed by atoms with Gasteiger partial charge in [-0.1, -0.05) is 24.3 Å². The van der Waals surface area contributed by atoms with E-state index in [0.717, 1.165) is 23.9 Å². The van der Waals surface area contributed by atoms with Crippen LogP contribution < -0.4 is 5.32 Å². The maximum Gasteiger partial charge on any atom is 0.175 e. The molecule has 1 heterocycles. The van der Waals surface area contributed by atoms with E-state index < -0.39 is 9.84 Å². The first-order chi connectivity index (χ1) is 11.5. The molecular formula is C18H17N3O2S. The van der Waals surface area contributed by atoms with E-state index >= 15 is 0 Å². The summed E-state index contributed by atoms with van der Waals surface area (Å²) in [5.41, 5.74) is 3.50. The molecule has 4 rings (SSSR count). The number of nitrogens with one attached hydrogen (secondary N) is 1. The van der Waals surface area contributed by atoms with Crippen LogP contribution in [0.3, 0.4) is 0 Å². The summed E-state index contributed by atoms with van der Waals surface area (Å²) in [5, 5.41) is 4.09. The van der Waals surface area contributed by atoms with Gasteiger partial charge in [-0.2, -0.15) is 0 Å². The molecule has 0 spiro atoms. The second-order valence-electron chi connectivity index (χ2n) is 6.15. The first-order valence-corrected chi connectivity index (χ1v) is 9.68. The molecule has 6 heteroatoms. The van der Waals surface area contributed by atoms with E-state index in [1.165, 1.54) is 23.7 Å². The summed E-state index contributed by atoms with van der Waals surface area (Å²) in [4.78, 5) is 8.80. The Morgan fingerprint density at radius 2 is 2.00 bits per heavy atom. The molecule has 1 N–H and O–H groups in total. The van der Waals surface area contributed by atoms with Crippen LogP contribution in [0.1, 0.15) is 17.0 Å².